The molecule has 0 radical (unpaired) electrons. The number of carboxylic acid groups (broad SMARTS) is 1. The van der Waals surface area contributed by atoms with Gasteiger partial charge in [-0.15, -0.1) is 0 Å². The van der Waals surface area contributed by atoms with Crippen LogP contribution in [0.5, 0.6) is 0 Å². The number of hydrogen-bond donors (Lipinski definition) is 5. The summed E-state index contributed by atoms with van der Waals surface area (Å²) in [6.45, 7) is 0. The fourth-order valence-corrected chi connectivity index (χ4v) is 3.93. The van der Waals surface area contributed by atoms with E-state index < -0.39 is 71.8 Å². The van der Waals surface area contributed by atoms with Crippen LogP contribution in [0, 0.1) is 0 Å². The number of aliphatic hydroxyl groups is 2. The second-order valence-corrected chi connectivity index (χ2v) is 8.06. The van der Waals surface area contributed by atoms with E-state index in [0.29, 0.717) is 0 Å². The lowest BCUT2D eigenvalue weighted by Crippen LogP contribution is -2.53. The van der Waals surface area contributed by atoms with Crippen molar-refractivity contribution in [1.82, 2.24) is 5.06 Å². The highest BCUT2D eigenvalue weighted by Gasteiger charge is 2.70. The molecule has 1 aliphatic heterocycles. The van der Waals surface area contributed by atoms with Gasteiger partial charge >= 0.3 is 21.9 Å². The average Bonchev–Trinajstić information content (AvgIpc) is 2.69. The summed E-state index contributed by atoms with van der Waals surface area (Å²) in [7, 11) is -11.9. The molecule has 1 rings (SSSR count). The molecule has 0 aromatic rings. The number of aliphatic carboxylic acids is 1. The molecule has 1 saturated heterocycles. The molecule has 17 heteroatoms. The van der Waals surface area contributed by atoms with Gasteiger partial charge in [-0.2, -0.15) is 16.8 Å². The maximum absolute atomic E-state index is 11.9. The van der Waals surface area contributed by atoms with Crippen LogP contribution in [0.3, 0.4) is 0 Å². The minimum atomic E-state index is -5.97. The van der Waals surface area contributed by atoms with Crippen LogP contribution < -0.4 is 0 Å². The minimum Gasteiger partial charge on any atom is -0.479 e. The Labute approximate surface area is 137 Å². The normalized spacial score (nSPS) is 20.2. The molecule has 0 aromatic heterocycles. The summed E-state index contributed by atoms with van der Waals surface area (Å²) in [5, 5.41) is 25.6. The number of nitrogens with zero attached hydrogens (tertiary/aromatic N) is 1. The van der Waals surface area contributed by atoms with Gasteiger partial charge in [-0.3, -0.25) is 18.7 Å². The zero-order valence-electron chi connectivity index (χ0n) is 11.5. The highest BCUT2D eigenvalue weighted by Crippen LogP contribution is 2.36. The molecule has 5 N–H and O–H groups in total. The summed E-state index contributed by atoms with van der Waals surface area (Å²) < 4.78 is 58.7. The molecule has 1 fully saturated rings. The van der Waals surface area contributed by atoms with Crippen LogP contribution in [-0.4, -0.2) is 86.4 Å². The molecule has 25 heavy (non-hydrogen) atoms. The van der Waals surface area contributed by atoms with Gasteiger partial charge < -0.3 is 20.2 Å². The molecule has 0 aliphatic carbocycles. The van der Waals surface area contributed by atoms with Gasteiger partial charge in [0.15, 0.2) is 12.2 Å². The number of amides is 2. The third-order valence-electron chi connectivity index (χ3n) is 2.93. The van der Waals surface area contributed by atoms with E-state index in [1.165, 1.54) is 0 Å². The predicted octanol–water partition coefficient (Wildman–Crippen LogP) is -4.52. The Bertz CT molecular complexity index is 808. The molecule has 1 aliphatic rings. The van der Waals surface area contributed by atoms with Crippen molar-refractivity contribution in [2.45, 2.75) is 22.7 Å². The summed E-state index contributed by atoms with van der Waals surface area (Å²) in [6, 6.07) is 0. The van der Waals surface area contributed by atoms with Crippen LogP contribution in [0.1, 0.15) is 6.42 Å². The lowest BCUT2D eigenvalue weighted by molar-refractivity contribution is -0.207. The highest BCUT2D eigenvalue weighted by molar-refractivity contribution is 8.06. The van der Waals surface area contributed by atoms with Crippen LogP contribution in [0.25, 0.3) is 0 Å². The van der Waals surface area contributed by atoms with Crippen LogP contribution in [0.15, 0.2) is 0 Å². The predicted molar refractivity (Wildman–Crippen MR) is 68.0 cm³/mol. The fraction of sp³-hybridized carbons (Fsp3) is 0.500. The number of carbonyl (C=O) groups is 4. The van der Waals surface area contributed by atoms with Gasteiger partial charge in [0, 0.05) is 0 Å². The van der Waals surface area contributed by atoms with Crippen LogP contribution in [0.2, 0.25) is 0 Å². The standard InChI is InChI=1S/C8H9NO14S2/c10-2-1-8(24(17,18)19,25(20,21)22)7(16)9(2)23-6(15)4(12)3(11)5(13)14/h3-4,11-12H,1H2,(H,13,14)(H,17,18,19)(H,20,21,22)/t3-,4-/m0/s1. The number of aliphatic hydroxyl groups excluding tert-OH is 2. The Morgan fingerprint density at radius 3 is 1.80 bits per heavy atom. The molecule has 0 aromatic carbocycles. The van der Waals surface area contributed by atoms with Crippen molar-refractivity contribution in [3.63, 3.8) is 0 Å². The summed E-state index contributed by atoms with van der Waals surface area (Å²) in [5.41, 5.74) is 0. The molecular formula is C8H9NO14S2. The lowest BCUT2D eigenvalue weighted by atomic mass is 10.2. The molecule has 2 atom stereocenters. The first-order valence-electron chi connectivity index (χ1n) is 5.70. The fourth-order valence-electron chi connectivity index (χ4n) is 1.65. The smallest absolute Gasteiger partial charge is 0.364 e. The van der Waals surface area contributed by atoms with Crippen molar-refractivity contribution >= 4 is 44.0 Å². The Morgan fingerprint density at radius 2 is 1.48 bits per heavy atom. The first kappa shape index (κ1) is 20.9. The summed E-state index contributed by atoms with van der Waals surface area (Å²) in [4.78, 5) is 49.1. The molecule has 0 saturated carbocycles. The van der Waals surface area contributed by atoms with Crippen LogP contribution >= 0.6 is 0 Å². The van der Waals surface area contributed by atoms with E-state index in [4.69, 9.17) is 24.4 Å². The lowest BCUT2D eigenvalue weighted by Gasteiger charge is -2.20. The molecule has 1 heterocycles. The van der Waals surface area contributed by atoms with Gasteiger partial charge in [0.2, 0.25) is 0 Å². The summed E-state index contributed by atoms with van der Waals surface area (Å²) >= 11 is 0. The van der Waals surface area contributed by atoms with Crippen molar-refractivity contribution in [3.8, 4) is 0 Å². The first-order chi connectivity index (χ1) is 11.1. The average molecular weight is 407 g/mol. The third kappa shape index (κ3) is 3.32. The van der Waals surface area contributed by atoms with E-state index in [-0.39, 0.29) is 0 Å². The van der Waals surface area contributed by atoms with Gasteiger partial charge in [0.05, 0.1) is 6.42 Å². The first-order valence-corrected chi connectivity index (χ1v) is 8.58. The number of hydrogen-bond acceptors (Lipinski definition) is 11. The number of imide groups is 1. The Morgan fingerprint density at radius 1 is 1.04 bits per heavy atom. The van der Waals surface area contributed by atoms with Gasteiger partial charge in [0.25, 0.3) is 26.1 Å². The SMILES string of the molecule is O=C(O)[C@@H](O)[C@H](O)C(=O)ON1C(=O)CC(S(=O)(=O)O)(S(=O)(=O)O)C1=O. The largest absolute Gasteiger partial charge is 0.479 e. The molecule has 15 nitrogen and oxygen atoms in total. The minimum absolute atomic E-state index is 0.818. The Balaban J connectivity index is 3.26. The molecular weight excluding hydrogens is 398 g/mol. The number of carboxylic acids is 1. The molecule has 2 amide bonds. The van der Waals surface area contributed by atoms with Crippen LogP contribution in [0.4, 0.5) is 0 Å². The Hall–Kier alpha value is -2.18. The number of rotatable bonds is 6. The van der Waals surface area contributed by atoms with E-state index in [1.54, 1.807) is 0 Å². The molecule has 0 bridgehead atoms. The van der Waals surface area contributed by atoms with Crippen molar-refractivity contribution in [3.05, 3.63) is 0 Å². The van der Waals surface area contributed by atoms with Crippen molar-refractivity contribution in [2.24, 2.45) is 0 Å². The van der Waals surface area contributed by atoms with Gasteiger partial charge in [-0.1, -0.05) is 5.06 Å². The maximum atomic E-state index is 11.9. The zero-order valence-corrected chi connectivity index (χ0v) is 13.2. The monoisotopic (exact) mass is 407 g/mol. The van der Waals surface area contributed by atoms with E-state index in [9.17, 15) is 36.0 Å². The maximum Gasteiger partial charge on any atom is 0.364 e. The number of carbonyl (C=O) groups excluding carboxylic acids is 3. The summed E-state index contributed by atoms with van der Waals surface area (Å²) in [6.07, 6.45) is -7.51. The second-order valence-electron chi connectivity index (χ2n) is 4.51. The van der Waals surface area contributed by atoms with Crippen molar-refractivity contribution in [2.75, 3.05) is 0 Å². The summed E-state index contributed by atoms with van der Waals surface area (Å²) in [5.74, 6) is -8.55. The highest BCUT2D eigenvalue weighted by atomic mass is 32.3. The molecule has 0 unspecified atom stereocenters. The topological polar surface area (TPSA) is 250 Å². The quantitative estimate of drug-likeness (QED) is 0.205. The van der Waals surface area contributed by atoms with Gasteiger partial charge in [-0.25, -0.2) is 9.59 Å². The van der Waals surface area contributed by atoms with E-state index in [1.807, 2.05) is 0 Å². The van der Waals surface area contributed by atoms with E-state index in [0.717, 1.165) is 0 Å². The second kappa shape index (κ2) is 6.28. The number of hydroxylamine groups is 2. The Kier molecular flexibility index (Phi) is 5.24. The van der Waals surface area contributed by atoms with E-state index >= 15 is 0 Å². The third-order valence-corrected chi connectivity index (χ3v) is 6.50. The van der Waals surface area contributed by atoms with Crippen molar-refractivity contribution in [1.29, 1.82) is 0 Å². The molecule has 0 spiro atoms. The van der Waals surface area contributed by atoms with Crippen molar-refractivity contribution < 1.29 is 65.3 Å². The van der Waals surface area contributed by atoms with Crippen LogP contribution in [-0.2, 0) is 44.3 Å². The van der Waals surface area contributed by atoms with Gasteiger partial charge in [-0.05, 0) is 0 Å². The van der Waals surface area contributed by atoms with E-state index in [2.05, 4.69) is 4.84 Å². The molecule has 142 valence electrons. The van der Waals surface area contributed by atoms with Gasteiger partial charge in [0.1, 0.15) is 0 Å². The zero-order chi connectivity index (χ0) is 20.0.